The minimum absolute atomic E-state index is 0.256. The highest BCUT2D eigenvalue weighted by Gasteiger charge is 2.10. The van der Waals surface area contributed by atoms with Crippen LogP contribution in [0.1, 0.15) is 29.2 Å². The van der Waals surface area contributed by atoms with E-state index in [9.17, 15) is 13.2 Å². The average Bonchev–Trinajstić information content (AvgIpc) is 2.78. The van der Waals surface area contributed by atoms with Gasteiger partial charge in [-0.05, 0) is 90.2 Å². The van der Waals surface area contributed by atoms with Crippen LogP contribution in [0.4, 0.5) is 13.2 Å². The molecular weight excluding hydrogens is 409 g/mol. The van der Waals surface area contributed by atoms with E-state index in [1.165, 1.54) is 24.3 Å². The number of fused-ring (bicyclic) bond motifs is 1. The first-order chi connectivity index (χ1) is 15.5. The summed E-state index contributed by atoms with van der Waals surface area (Å²) in [7, 11) is 0. The third kappa shape index (κ3) is 5.12. The van der Waals surface area contributed by atoms with Crippen LogP contribution in [0.2, 0.25) is 0 Å². The Balaban J connectivity index is 1.49. The van der Waals surface area contributed by atoms with Gasteiger partial charge in [0.25, 0.3) is 0 Å². The molecule has 32 heavy (non-hydrogen) atoms. The Morgan fingerprint density at radius 2 is 1.34 bits per heavy atom. The topological polar surface area (TPSA) is 9.23 Å². The summed E-state index contributed by atoms with van der Waals surface area (Å²) in [6.45, 7) is 2.53. The highest BCUT2D eigenvalue weighted by atomic mass is 19.1. The van der Waals surface area contributed by atoms with Crippen molar-refractivity contribution in [1.82, 2.24) is 0 Å². The van der Waals surface area contributed by atoms with Crippen molar-refractivity contribution < 1.29 is 17.9 Å². The molecule has 0 saturated heterocycles. The normalized spacial score (nSPS) is 10.6. The Morgan fingerprint density at radius 1 is 0.688 bits per heavy atom. The van der Waals surface area contributed by atoms with Crippen LogP contribution in [0, 0.1) is 29.3 Å². The molecular formula is C28H21F3O. The van der Waals surface area contributed by atoms with Gasteiger partial charge in [0.1, 0.15) is 23.2 Å². The lowest BCUT2D eigenvalue weighted by Crippen LogP contribution is -1.98. The molecule has 4 rings (SSSR count). The van der Waals surface area contributed by atoms with Gasteiger partial charge in [-0.1, -0.05) is 36.1 Å². The van der Waals surface area contributed by atoms with Crippen molar-refractivity contribution in [3.05, 3.63) is 113 Å². The van der Waals surface area contributed by atoms with Crippen LogP contribution in [0.3, 0.4) is 0 Å². The van der Waals surface area contributed by atoms with Crippen molar-refractivity contribution in [3.63, 3.8) is 0 Å². The predicted molar refractivity (Wildman–Crippen MR) is 121 cm³/mol. The van der Waals surface area contributed by atoms with Gasteiger partial charge in [-0.15, -0.1) is 0 Å². The molecule has 0 unspecified atom stereocenters. The number of ether oxygens (including phenoxy) is 1. The molecule has 1 nitrogen and oxygen atoms in total. The molecule has 4 aromatic rings. The second-order valence-corrected chi connectivity index (χ2v) is 7.47. The molecule has 0 heterocycles. The molecule has 0 radical (unpaired) electrons. The molecule has 160 valence electrons. The van der Waals surface area contributed by atoms with Gasteiger partial charge in [-0.25, -0.2) is 13.2 Å². The second-order valence-electron chi connectivity index (χ2n) is 7.47. The van der Waals surface area contributed by atoms with Crippen molar-refractivity contribution in [3.8, 4) is 17.6 Å². The van der Waals surface area contributed by atoms with E-state index in [2.05, 4.69) is 11.8 Å². The van der Waals surface area contributed by atoms with Crippen molar-refractivity contribution in [2.45, 2.75) is 19.8 Å². The number of hydrogen-bond acceptors (Lipinski definition) is 1. The molecule has 0 aliphatic heterocycles. The summed E-state index contributed by atoms with van der Waals surface area (Å²) < 4.78 is 47.9. The Kier molecular flexibility index (Phi) is 6.47. The summed E-state index contributed by atoms with van der Waals surface area (Å²) in [6, 6.07) is 20.0. The Labute approximate surface area is 185 Å². The van der Waals surface area contributed by atoms with Crippen molar-refractivity contribution in [2.75, 3.05) is 6.61 Å². The summed E-state index contributed by atoms with van der Waals surface area (Å²) in [5.41, 5.74) is 1.98. The minimum atomic E-state index is -0.679. The van der Waals surface area contributed by atoms with Crippen LogP contribution in [-0.2, 0) is 12.8 Å². The van der Waals surface area contributed by atoms with E-state index >= 15 is 0 Å². The Hall–Kier alpha value is -3.71. The van der Waals surface area contributed by atoms with Crippen LogP contribution < -0.4 is 4.74 Å². The monoisotopic (exact) mass is 430 g/mol. The molecule has 0 atom stereocenters. The van der Waals surface area contributed by atoms with Gasteiger partial charge in [0.15, 0.2) is 0 Å². The summed E-state index contributed by atoms with van der Waals surface area (Å²) in [5, 5.41) is 1.55. The van der Waals surface area contributed by atoms with E-state index in [1.54, 1.807) is 24.3 Å². The molecule has 0 aliphatic rings. The van der Waals surface area contributed by atoms with Gasteiger partial charge < -0.3 is 4.74 Å². The highest BCUT2D eigenvalue weighted by Crippen LogP contribution is 2.20. The molecule has 0 amide bonds. The quantitative estimate of drug-likeness (QED) is 0.315. The molecule has 0 aromatic heterocycles. The highest BCUT2D eigenvalue weighted by molar-refractivity contribution is 5.84. The summed E-state index contributed by atoms with van der Waals surface area (Å²) in [5.74, 6) is 4.54. The fraction of sp³-hybridized carbons (Fsp3) is 0.143. The van der Waals surface area contributed by atoms with E-state index in [4.69, 9.17) is 4.74 Å². The van der Waals surface area contributed by atoms with Gasteiger partial charge in [-0.2, -0.15) is 0 Å². The lowest BCUT2D eigenvalue weighted by Gasteiger charge is -2.07. The first kappa shape index (κ1) is 21.5. The van der Waals surface area contributed by atoms with Crippen LogP contribution in [0.15, 0.2) is 72.8 Å². The summed E-state index contributed by atoms with van der Waals surface area (Å²) >= 11 is 0. The van der Waals surface area contributed by atoms with Crippen LogP contribution in [0.5, 0.6) is 5.75 Å². The van der Waals surface area contributed by atoms with Crippen molar-refractivity contribution in [1.29, 1.82) is 0 Å². The fourth-order valence-electron chi connectivity index (χ4n) is 3.53. The van der Waals surface area contributed by atoms with Gasteiger partial charge in [-0.3, -0.25) is 0 Å². The van der Waals surface area contributed by atoms with Gasteiger partial charge in [0.2, 0.25) is 0 Å². The maximum absolute atomic E-state index is 14.6. The molecule has 0 saturated carbocycles. The number of benzene rings is 4. The molecule has 0 bridgehead atoms. The minimum Gasteiger partial charge on any atom is -0.494 e. The zero-order valence-electron chi connectivity index (χ0n) is 17.6. The lowest BCUT2D eigenvalue weighted by molar-refractivity contribution is 0.340. The zero-order chi connectivity index (χ0) is 22.5. The SMILES string of the molecule is CCOc1ccc(CCc2cc(F)c(C#Cc3ccc4cc(F)ccc4c3)c(F)c2)cc1. The lowest BCUT2D eigenvalue weighted by atomic mass is 10.0. The van der Waals surface area contributed by atoms with Crippen molar-refractivity contribution in [2.24, 2.45) is 0 Å². The largest absolute Gasteiger partial charge is 0.494 e. The number of hydrogen-bond donors (Lipinski definition) is 0. The maximum atomic E-state index is 14.6. The first-order valence-electron chi connectivity index (χ1n) is 10.4. The standard InChI is InChI=1S/C28H21F3O/c1-2-32-25-12-6-19(7-13-25)3-4-21-16-27(30)26(28(31)17-21)14-8-20-5-9-23-18-24(29)11-10-22(23)15-20/h5-7,9-13,15-18H,2-4H2,1H3. The molecule has 4 heteroatoms. The molecule has 0 fully saturated rings. The average molecular weight is 430 g/mol. The molecule has 4 aromatic carbocycles. The number of aryl methyl sites for hydroxylation is 2. The van der Waals surface area contributed by atoms with E-state index in [0.717, 1.165) is 22.1 Å². The van der Waals surface area contributed by atoms with E-state index in [-0.39, 0.29) is 11.4 Å². The Morgan fingerprint density at radius 3 is 2.06 bits per heavy atom. The fourth-order valence-corrected chi connectivity index (χ4v) is 3.53. The third-order valence-corrected chi connectivity index (χ3v) is 5.17. The summed E-state index contributed by atoms with van der Waals surface area (Å²) in [6.07, 6.45) is 1.17. The maximum Gasteiger partial charge on any atom is 0.142 e. The van der Waals surface area contributed by atoms with Gasteiger partial charge >= 0.3 is 0 Å². The van der Waals surface area contributed by atoms with E-state index in [1.807, 2.05) is 31.2 Å². The number of rotatable bonds is 5. The first-order valence-corrected chi connectivity index (χ1v) is 10.4. The van der Waals surface area contributed by atoms with Crippen LogP contribution in [-0.4, -0.2) is 6.61 Å². The van der Waals surface area contributed by atoms with E-state index < -0.39 is 11.6 Å². The van der Waals surface area contributed by atoms with Gasteiger partial charge in [0, 0.05) is 5.56 Å². The van der Waals surface area contributed by atoms with Crippen LogP contribution in [0.25, 0.3) is 10.8 Å². The number of halogens is 3. The molecule has 0 aliphatic carbocycles. The second kappa shape index (κ2) is 9.62. The molecule has 0 N–H and O–H groups in total. The smallest absolute Gasteiger partial charge is 0.142 e. The Bertz CT molecular complexity index is 1290. The predicted octanol–water partition coefficient (Wildman–Crippen LogP) is 6.84. The van der Waals surface area contributed by atoms with Gasteiger partial charge in [0.05, 0.1) is 12.2 Å². The summed E-state index contributed by atoms with van der Waals surface area (Å²) in [4.78, 5) is 0. The molecule has 0 spiro atoms. The van der Waals surface area contributed by atoms with Crippen LogP contribution >= 0.6 is 0 Å². The zero-order valence-corrected chi connectivity index (χ0v) is 17.6. The van der Waals surface area contributed by atoms with Crippen molar-refractivity contribution >= 4 is 10.8 Å². The third-order valence-electron chi connectivity index (χ3n) is 5.17. The van der Waals surface area contributed by atoms with E-state index in [0.29, 0.717) is 30.6 Å².